The van der Waals surface area contributed by atoms with Gasteiger partial charge in [-0.1, -0.05) is 38.1 Å². The number of nitrogens with one attached hydrogen (secondary N) is 1. The van der Waals surface area contributed by atoms with Crippen LogP contribution in [0.3, 0.4) is 0 Å². The minimum absolute atomic E-state index is 0.159. The zero-order valence-corrected chi connectivity index (χ0v) is 24.3. The zero-order chi connectivity index (χ0) is 29.0. The second-order valence-corrected chi connectivity index (χ2v) is 10.9. The van der Waals surface area contributed by atoms with E-state index in [0.717, 1.165) is 0 Å². The number of pyridine rings is 1. The minimum atomic E-state index is -3.71. The maximum absolute atomic E-state index is 13.7. The van der Waals surface area contributed by atoms with Crippen LogP contribution < -0.4 is 19.5 Å². The number of amides is 1. The lowest BCUT2D eigenvalue weighted by molar-refractivity contribution is 0.102. The number of sulfonamides is 1. The number of hydrogen-bond acceptors (Lipinski definition) is 7. The molecule has 0 aliphatic heterocycles. The Bertz CT molecular complexity index is 1640. The highest BCUT2D eigenvalue weighted by molar-refractivity contribution is 7.89. The van der Waals surface area contributed by atoms with Gasteiger partial charge in [-0.25, -0.2) is 13.4 Å². The van der Waals surface area contributed by atoms with E-state index in [1.807, 2.05) is 24.3 Å². The molecule has 0 saturated carbocycles. The maximum atomic E-state index is 13.7. The number of aromatic nitrogens is 1. The smallest absolute Gasteiger partial charge is 0.256 e. The number of hydrogen-bond donors (Lipinski definition) is 1. The molecule has 0 saturated heterocycles. The molecule has 0 spiro atoms. The van der Waals surface area contributed by atoms with Gasteiger partial charge in [0, 0.05) is 29.7 Å². The van der Waals surface area contributed by atoms with Crippen LogP contribution in [-0.2, 0) is 10.0 Å². The summed E-state index contributed by atoms with van der Waals surface area (Å²) in [6, 6.07) is 17.5. The quantitative estimate of drug-likeness (QED) is 0.271. The summed E-state index contributed by atoms with van der Waals surface area (Å²) in [5, 5.41) is 3.54. The Morgan fingerprint density at radius 1 is 0.900 bits per heavy atom. The fraction of sp³-hybridized carbons (Fsp3) is 0.267. The average Bonchev–Trinajstić information content (AvgIpc) is 2.96. The van der Waals surface area contributed by atoms with Gasteiger partial charge in [-0.2, -0.15) is 4.31 Å². The molecule has 3 aromatic carbocycles. The van der Waals surface area contributed by atoms with Gasteiger partial charge in [-0.15, -0.1) is 0 Å². The lowest BCUT2D eigenvalue weighted by Gasteiger charge is -2.20. The van der Waals surface area contributed by atoms with Crippen molar-refractivity contribution in [1.29, 1.82) is 0 Å². The molecule has 4 rings (SSSR count). The molecular weight excluding hydrogens is 530 g/mol. The second kappa shape index (κ2) is 11.9. The first-order valence-corrected chi connectivity index (χ1v) is 14.2. The van der Waals surface area contributed by atoms with Crippen molar-refractivity contribution in [2.75, 3.05) is 39.7 Å². The summed E-state index contributed by atoms with van der Waals surface area (Å²) in [7, 11) is 0.879. The number of carbonyl (C=O) groups is 1. The number of benzene rings is 3. The van der Waals surface area contributed by atoms with Gasteiger partial charge in [0.1, 0.15) is 0 Å². The standard InChI is InChI=1S/C30H33N3O6S/c1-7-33(8-2)40(35,36)28-17-21(14-13-19(28)3)31-30(34)23-18-25(32-24-12-10-9-11-22(23)24)20-15-26(37-4)29(39-6)27(16-20)38-5/h9-18H,7-8H2,1-6H3,(H,31,34). The Balaban J connectivity index is 1.80. The van der Waals surface area contributed by atoms with E-state index in [1.165, 1.54) is 31.7 Å². The van der Waals surface area contributed by atoms with Gasteiger partial charge in [0.2, 0.25) is 15.8 Å². The van der Waals surface area contributed by atoms with Crippen molar-refractivity contribution in [2.24, 2.45) is 0 Å². The third-order valence-corrected chi connectivity index (χ3v) is 8.88. The molecule has 1 heterocycles. The number of carbonyl (C=O) groups excluding carboxylic acids is 1. The van der Waals surface area contributed by atoms with Crippen LogP contribution in [-0.4, -0.2) is 58.0 Å². The topological polar surface area (TPSA) is 107 Å². The monoisotopic (exact) mass is 563 g/mol. The molecule has 210 valence electrons. The predicted octanol–water partition coefficient (Wildman–Crippen LogP) is 5.52. The highest BCUT2D eigenvalue weighted by Crippen LogP contribution is 2.41. The van der Waals surface area contributed by atoms with Gasteiger partial charge in [0.25, 0.3) is 5.91 Å². The van der Waals surface area contributed by atoms with Crippen molar-refractivity contribution in [3.05, 3.63) is 71.8 Å². The molecular formula is C30H33N3O6S. The van der Waals surface area contributed by atoms with E-state index in [1.54, 1.807) is 51.1 Å². The molecule has 1 amide bonds. The first kappa shape index (κ1) is 28.8. The first-order chi connectivity index (χ1) is 19.2. The highest BCUT2D eigenvalue weighted by Gasteiger charge is 2.24. The van der Waals surface area contributed by atoms with Crippen LogP contribution in [0.2, 0.25) is 0 Å². The van der Waals surface area contributed by atoms with Crippen LogP contribution in [0.1, 0.15) is 29.8 Å². The summed E-state index contributed by atoms with van der Waals surface area (Å²) in [4.78, 5) is 18.6. The molecule has 4 aromatic rings. The maximum Gasteiger partial charge on any atom is 0.256 e. The number of nitrogens with zero attached hydrogens (tertiary/aromatic N) is 2. The molecule has 0 atom stereocenters. The molecule has 10 heteroatoms. The summed E-state index contributed by atoms with van der Waals surface area (Å²) in [5.74, 6) is 0.962. The number of ether oxygens (including phenoxy) is 3. The van der Waals surface area contributed by atoms with E-state index in [-0.39, 0.29) is 4.90 Å². The summed E-state index contributed by atoms with van der Waals surface area (Å²) < 4.78 is 44.3. The normalized spacial score (nSPS) is 11.5. The fourth-order valence-corrected chi connectivity index (χ4v) is 6.31. The van der Waals surface area contributed by atoms with Crippen molar-refractivity contribution in [1.82, 2.24) is 9.29 Å². The summed E-state index contributed by atoms with van der Waals surface area (Å²) in [6.07, 6.45) is 0. The van der Waals surface area contributed by atoms with Crippen LogP contribution in [0.15, 0.2) is 65.6 Å². The number of anilines is 1. The van der Waals surface area contributed by atoms with Gasteiger partial charge in [0.05, 0.1) is 43.0 Å². The van der Waals surface area contributed by atoms with E-state index in [4.69, 9.17) is 19.2 Å². The van der Waals surface area contributed by atoms with Crippen molar-refractivity contribution >= 4 is 32.5 Å². The third kappa shape index (κ3) is 5.45. The number of methoxy groups -OCH3 is 3. The SMILES string of the molecule is CCN(CC)S(=O)(=O)c1cc(NC(=O)c2cc(-c3cc(OC)c(OC)c(OC)c3)nc3ccccc23)ccc1C. The molecule has 1 N–H and O–H groups in total. The van der Waals surface area contributed by atoms with E-state index >= 15 is 0 Å². The molecule has 1 aromatic heterocycles. The van der Waals surface area contributed by atoms with Gasteiger partial charge in [-0.3, -0.25) is 4.79 Å². The van der Waals surface area contributed by atoms with Crippen molar-refractivity contribution < 1.29 is 27.4 Å². The summed E-state index contributed by atoms with van der Waals surface area (Å²) in [5.41, 5.74) is 3.16. The van der Waals surface area contributed by atoms with Crippen LogP contribution in [0, 0.1) is 6.92 Å². The predicted molar refractivity (Wildman–Crippen MR) is 156 cm³/mol. The molecule has 40 heavy (non-hydrogen) atoms. The molecule has 9 nitrogen and oxygen atoms in total. The lowest BCUT2D eigenvalue weighted by atomic mass is 10.0. The zero-order valence-electron chi connectivity index (χ0n) is 23.4. The van der Waals surface area contributed by atoms with Gasteiger partial charge in [0.15, 0.2) is 11.5 Å². The highest BCUT2D eigenvalue weighted by atomic mass is 32.2. The van der Waals surface area contributed by atoms with Gasteiger partial charge < -0.3 is 19.5 Å². The van der Waals surface area contributed by atoms with Crippen LogP contribution in [0.4, 0.5) is 5.69 Å². The number of para-hydroxylation sites is 1. The molecule has 0 aliphatic carbocycles. The third-order valence-electron chi connectivity index (χ3n) is 6.69. The van der Waals surface area contributed by atoms with Crippen molar-refractivity contribution in [2.45, 2.75) is 25.7 Å². The van der Waals surface area contributed by atoms with E-state index in [2.05, 4.69) is 5.32 Å². The Morgan fingerprint density at radius 2 is 1.55 bits per heavy atom. The van der Waals surface area contributed by atoms with E-state index < -0.39 is 15.9 Å². The Kier molecular flexibility index (Phi) is 8.61. The average molecular weight is 564 g/mol. The summed E-state index contributed by atoms with van der Waals surface area (Å²) in [6.45, 7) is 6.02. The van der Waals surface area contributed by atoms with Crippen LogP contribution in [0.5, 0.6) is 17.2 Å². The fourth-order valence-electron chi connectivity index (χ4n) is 4.60. The van der Waals surface area contributed by atoms with Crippen LogP contribution >= 0.6 is 0 Å². The minimum Gasteiger partial charge on any atom is -0.493 e. The number of rotatable bonds is 10. The van der Waals surface area contributed by atoms with E-state index in [9.17, 15) is 13.2 Å². The largest absolute Gasteiger partial charge is 0.493 e. The number of fused-ring (bicyclic) bond motifs is 1. The summed E-state index contributed by atoms with van der Waals surface area (Å²) >= 11 is 0. The molecule has 0 radical (unpaired) electrons. The van der Waals surface area contributed by atoms with Crippen molar-refractivity contribution in [3.63, 3.8) is 0 Å². The Labute approximate surface area is 234 Å². The number of aryl methyl sites for hydroxylation is 1. The van der Waals surface area contributed by atoms with Crippen molar-refractivity contribution in [3.8, 4) is 28.5 Å². The Morgan fingerprint density at radius 3 is 2.15 bits per heavy atom. The lowest BCUT2D eigenvalue weighted by Crippen LogP contribution is -2.31. The molecule has 0 unspecified atom stereocenters. The molecule has 0 bridgehead atoms. The Hall–Kier alpha value is -4.15. The molecule has 0 aliphatic rings. The van der Waals surface area contributed by atoms with Gasteiger partial charge in [-0.05, 0) is 48.9 Å². The molecule has 0 fully saturated rings. The van der Waals surface area contributed by atoms with Crippen LogP contribution in [0.25, 0.3) is 22.2 Å². The first-order valence-electron chi connectivity index (χ1n) is 12.8. The second-order valence-electron chi connectivity index (χ2n) is 9.01. The van der Waals surface area contributed by atoms with E-state index in [0.29, 0.717) is 69.3 Å². The van der Waals surface area contributed by atoms with Gasteiger partial charge >= 0.3 is 0 Å².